The van der Waals surface area contributed by atoms with E-state index in [1.165, 1.54) is 5.01 Å². The van der Waals surface area contributed by atoms with Gasteiger partial charge in [-0.1, -0.05) is 13.8 Å². The molecule has 2 heterocycles. The Hall–Kier alpha value is -0.410. The molecule has 1 saturated heterocycles. The molecular formula is C10H16N2S. The summed E-state index contributed by atoms with van der Waals surface area (Å²) >= 11 is 1.78. The molecule has 3 heteroatoms. The van der Waals surface area contributed by atoms with Crippen LogP contribution in [-0.2, 0) is 6.42 Å². The lowest BCUT2D eigenvalue weighted by atomic mass is 9.70. The second kappa shape index (κ2) is 3.39. The lowest BCUT2D eigenvalue weighted by Gasteiger charge is -2.45. The predicted octanol–water partition coefficient (Wildman–Crippen LogP) is 1.93. The lowest BCUT2D eigenvalue weighted by molar-refractivity contribution is 0.0994. The Morgan fingerprint density at radius 2 is 2.38 bits per heavy atom. The zero-order chi connectivity index (χ0) is 9.31. The van der Waals surface area contributed by atoms with Crippen LogP contribution in [0.4, 0.5) is 0 Å². The summed E-state index contributed by atoms with van der Waals surface area (Å²) in [6, 6.07) is 0. The number of nitrogens with one attached hydrogen (secondary N) is 1. The molecule has 1 N–H and O–H groups in total. The van der Waals surface area contributed by atoms with Crippen LogP contribution in [0.1, 0.15) is 18.9 Å². The molecule has 1 fully saturated rings. The molecule has 0 spiro atoms. The average Bonchev–Trinajstić information content (AvgIpc) is 2.47. The smallest absolute Gasteiger partial charge is 0.0931 e. The van der Waals surface area contributed by atoms with Crippen LogP contribution in [0.25, 0.3) is 0 Å². The molecule has 0 radical (unpaired) electrons. The SMILES string of the molecule is CC(C)C1(Cc2nccs2)CNC1. The average molecular weight is 196 g/mol. The molecule has 1 aliphatic rings. The van der Waals surface area contributed by atoms with Gasteiger partial charge in [0.2, 0.25) is 0 Å². The fraction of sp³-hybridized carbons (Fsp3) is 0.700. The van der Waals surface area contributed by atoms with Crippen molar-refractivity contribution >= 4 is 11.3 Å². The van der Waals surface area contributed by atoms with Gasteiger partial charge >= 0.3 is 0 Å². The van der Waals surface area contributed by atoms with Crippen LogP contribution in [0.15, 0.2) is 11.6 Å². The van der Waals surface area contributed by atoms with Gasteiger partial charge in [-0.3, -0.25) is 0 Å². The zero-order valence-electron chi connectivity index (χ0n) is 8.21. The summed E-state index contributed by atoms with van der Waals surface area (Å²) in [6.07, 6.45) is 3.05. The largest absolute Gasteiger partial charge is 0.315 e. The van der Waals surface area contributed by atoms with Crippen molar-refractivity contribution in [2.24, 2.45) is 11.3 Å². The van der Waals surface area contributed by atoms with Gasteiger partial charge in [0.05, 0.1) is 5.01 Å². The van der Waals surface area contributed by atoms with Gasteiger partial charge < -0.3 is 5.32 Å². The number of hydrogen-bond donors (Lipinski definition) is 1. The van der Waals surface area contributed by atoms with Gasteiger partial charge in [0, 0.05) is 36.5 Å². The van der Waals surface area contributed by atoms with Crippen molar-refractivity contribution in [2.45, 2.75) is 20.3 Å². The van der Waals surface area contributed by atoms with Crippen molar-refractivity contribution in [2.75, 3.05) is 13.1 Å². The van der Waals surface area contributed by atoms with Gasteiger partial charge in [0.25, 0.3) is 0 Å². The summed E-state index contributed by atoms with van der Waals surface area (Å²) in [5, 5.41) is 6.72. The molecule has 0 amide bonds. The Bertz CT molecular complexity index is 262. The highest BCUT2D eigenvalue weighted by atomic mass is 32.1. The standard InChI is InChI=1S/C10H16N2S/c1-8(2)10(6-11-7-10)5-9-12-3-4-13-9/h3-4,8,11H,5-7H2,1-2H3. The number of nitrogens with zero attached hydrogens (tertiary/aromatic N) is 1. The Morgan fingerprint density at radius 1 is 1.62 bits per heavy atom. The summed E-state index contributed by atoms with van der Waals surface area (Å²) < 4.78 is 0. The summed E-state index contributed by atoms with van der Waals surface area (Å²) in [7, 11) is 0. The minimum Gasteiger partial charge on any atom is -0.315 e. The molecule has 0 aliphatic carbocycles. The third-order valence-corrected chi connectivity index (χ3v) is 3.95. The van der Waals surface area contributed by atoms with E-state index >= 15 is 0 Å². The fourth-order valence-electron chi connectivity index (χ4n) is 1.82. The first-order chi connectivity index (χ1) is 6.23. The first-order valence-electron chi connectivity index (χ1n) is 4.82. The van der Waals surface area contributed by atoms with E-state index in [0.717, 1.165) is 25.4 Å². The fourth-order valence-corrected chi connectivity index (χ4v) is 2.60. The van der Waals surface area contributed by atoms with Gasteiger partial charge in [-0.15, -0.1) is 11.3 Å². The van der Waals surface area contributed by atoms with E-state index in [-0.39, 0.29) is 0 Å². The van der Waals surface area contributed by atoms with Gasteiger partial charge in [0.15, 0.2) is 0 Å². The van der Waals surface area contributed by atoms with E-state index in [4.69, 9.17) is 0 Å². The van der Waals surface area contributed by atoms with Crippen molar-refractivity contribution in [1.82, 2.24) is 10.3 Å². The summed E-state index contributed by atoms with van der Waals surface area (Å²) in [6.45, 7) is 6.94. The molecule has 1 aromatic rings. The predicted molar refractivity (Wildman–Crippen MR) is 56.0 cm³/mol. The highest BCUT2D eigenvalue weighted by Gasteiger charge is 2.40. The normalized spacial score (nSPS) is 20.2. The number of thiazole rings is 1. The number of aromatic nitrogens is 1. The molecule has 0 unspecified atom stereocenters. The molecule has 2 rings (SSSR count). The first kappa shape index (κ1) is 9.16. The van der Waals surface area contributed by atoms with Crippen molar-refractivity contribution in [3.63, 3.8) is 0 Å². The zero-order valence-corrected chi connectivity index (χ0v) is 9.03. The molecular weight excluding hydrogens is 180 g/mol. The maximum absolute atomic E-state index is 4.36. The summed E-state index contributed by atoms with van der Waals surface area (Å²) in [5.74, 6) is 0.748. The molecule has 13 heavy (non-hydrogen) atoms. The van der Waals surface area contributed by atoms with Crippen LogP contribution in [0.3, 0.4) is 0 Å². The highest BCUT2D eigenvalue weighted by molar-refractivity contribution is 7.09. The third-order valence-electron chi connectivity index (χ3n) is 3.17. The third kappa shape index (κ3) is 1.63. The molecule has 0 atom stereocenters. The van der Waals surface area contributed by atoms with Crippen LogP contribution < -0.4 is 5.32 Å². The second-order valence-corrected chi connectivity index (χ2v) is 5.20. The minimum absolute atomic E-state index is 0.484. The van der Waals surface area contributed by atoms with Gasteiger partial charge in [-0.25, -0.2) is 4.98 Å². The van der Waals surface area contributed by atoms with Crippen LogP contribution in [-0.4, -0.2) is 18.1 Å². The van der Waals surface area contributed by atoms with Crippen LogP contribution in [0, 0.1) is 11.3 Å². The Morgan fingerprint density at radius 3 is 2.77 bits per heavy atom. The van der Waals surface area contributed by atoms with Gasteiger partial charge in [-0.2, -0.15) is 0 Å². The van der Waals surface area contributed by atoms with Crippen molar-refractivity contribution in [3.8, 4) is 0 Å². The van der Waals surface area contributed by atoms with Crippen molar-refractivity contribution in [3.05, 3.63) is 16.6 Å². The van der Waals surface area contributed by atoms with E-state index in [0.29, 0.717) is 5.41 Å². The van der Waals surface area contributed by atoms with E-state index in [1.807, 2.05) is 6.20 Å². The van der Waals surface area contributed by atoms with Crippen LogP contribution in [0.5, 0.6) is 0 Å². The summed E-state index contributed by atoms with van der Waals surface area (Å²) in [5.41, 5.74) is 0.484. The maximum atomic E-state index is 4.36. The number of hydrogen-bond acceptors (Lipinski definition) is 3. The Balaban J connectivity index is 2.07. The maximum Gasteiger partial charge on any atom is 0.0931 e. The van der Waals surface area contributed by atoms with Crippen LogP contribution >= 0.6 is 11.3 Å². The van der Waals surface area contributed by atoms with E-state index in [1.54, 1.807) is 11.3 Å². The number of rotatable bonds is 3. The minimum atomic E-state index is 0.484. The molecule has 2 nitrogen and oxygen atoms in total. The van der Waals surface area contributed by atoms with Gasteiger partial charge in [-0.05, 0) is 5.92 Å². The Labute approximate surface area is 83.4 Å². The molecule has 72 valence electrons. The molecule has 0 aromatic carbocycles. The first-order valence-corrected chi connectivity index (χ1v) is 5.70. The molecule has 0 saturated carbocycles. The molecule has 1 aliphatic heterocycles. The van der Waals surface area contributed by atoms with E-state index in [9.17, 15) is 0 Å². The van der Waals surface area contributed by atoms with Gasteiger partial charge in [0.1, 0.15) is 0 Å². The monoisotopic (exact) mass is 196 g/mol. The van der Waals surface area contributed by atoms with E-state index in [2.05, 4.69) is 29.5 Å². The quantitative estimate of drug-likeness (QED) is 0.799. The molecule has 1 aromatic heterocycles. The topological polar surface area (TPSA) is 24.9 Å². The van der Waals surface area contributed by atoms with Crippen molar-refractivity contribution < 1.29 is 0 Å². The highest BCUT2D eigenvalue weighted by Crippen LogP contribution is 2.35. The summed E-state index contributed by atoms with van der Waals surface area (Å²) in [4.78, 5) is 4.36. The molecule has 0 bridgehead atoms. The van der Waals surface area contributed by atoms with Crippen LogP contribution in [0.2, 0.25) is 0 Å². The van der Waals surface area contributed by atoms with Crippen molar-refractivity contribution in [1.29, 1.82) is 0 Å². The second-order valence-electron chi connectivity index (χ2n) is 4.22. The van der Waals surface area contributed by atoms with E-state index < -0.39 is 0 Å². The lowest BCUT2D eigenvalue weighted by Crippen LogP contribution is -2.57. The Kier molecular flexibility index (Phi) is 2.39.